The van der Waals surface area contributed by atoms with Crippen molar-refractivity contribution in [2.75, 3.05) is 12.3 Å². The standard InChI is InChI=1S/C26H45NO6S/c1-16(4-9-24(30)27-12-13-34(31,32)33)20-7-8-21-19-6-5-17-14-18(28)10-11-25(17,2)22(19)15-23(29)26(20,21)3/h16-23,28-29H,4-15H2,1-3H3,(H,27,30)(H,31,32,33)/t16-,17-,18-,19-,20-,21-,22-,23+,25+,26-/m1/s1. The Morgan fingerprint density at radius 2 is 1.79 bits per heavy atom. The van der Waals surface area contributed by atoms with Crippen LogP contribution in [0, 0.1) is 46.3 Å². The molecule has 0 bridgehead atoms. The predicted octanol–water partition coefficient (Wildman–Crippen LogP) is 3.40. The molecule has 0 aromatic rings. The molecule has 4 rings (SSSR count). The van der Waals surface area contributed by atoms with Gasteiger partial charge in [0.25, 0.3) is 10.1 Å². The van der Waals surface area contributed by atoms with E-state index in [4.69, 9.17) is 4.55 Å². The van der Waals surface area contributed by atoms with Crippen LogP contribution >= 0.6 is 0 Å². The number of rotatable bonds is 7. The van der Waals surface area contributed by atoms with E-state index < -0.39 is 15.9 Å². The molecule has 34 heavy (non-hydrogen) atoms. The smallest absolute Gasteiger partial charge is 0.266 e. The van der Waals surface area contributed by atoms with Gasteiger partial charge < -0.3 is 15.5 Å². The molecular formula is C26H45NO6S. The number of hydrogen-bond donors (Lipinski definition) is 4. The lowest BCUT2D eigenvalue weighted by Crippen LogP contribution is -2.58. The summed E-state index contributed by atoms with van der Waals surface area (Å²) < 4.78 is 30.5. The fraction of sp³-hybridized carbons (Fsp3) is 0.962. The van der Waals surface area contributed by atoms with Crippen molar-refractivity contribution >= 4 is 16.0 Å². The van der Waals surface area contributed by atoms with Crippen LogP contribution < -0.4 is 5.32 Å². The molecule has 0 aromatic heterocycles. The van der Waals surface area contributed by atoms with Gasteiger partial charge in [0.1, 0.15) is 0 Å². The monoisotopic (exact) mass is 499 g/mol. The number of aliphatic hydroxyl groups excluding tert-OH is 2. The minimum Gasteiger partial charge on any atom is -0.393 e. The predicted molar refractivity (Wildman–Crippen MR) is 130 cm³/mol. The van der Waals surface area contributed by atoms with Crippen molar-refractivity contribution in [3.05, 3.63) is 0 Å². The Balaban J connectivity index is 1.40. The highest BCUT2D eigenvalue weighted by Gasteiger charge is 2.63. The zero-order valence-corrected chi connectivity index (χ0v) is 21.9. The molecule has 0 heterocycles. The van der Waals surface area contributed by atoms with E-state index in [2.05, 4.69) is 26.1 Å². The van der Waals surface area contributed by atoms with Crippen LogP contribution in [0.15, 0.2) is 0 Å². The first-order chi connectivity index (χ1) is 15.9. The summed E-state index contributed by atoms with van der Waals surface area (Å²) in [5.74, 6) is 2.28. The van der Waals surface area contributed by atoms with Crippen molar-refractivity contribution in [1.29, 1.82) is 0 Å². The summed E-state index contributed by atoms with van der Waals surface area (Å²) in [7, 11) is -4.07. The molecule has 0 aromatic carbocycles. The van der Waals surface area contributed by atoms with E-state index >= 15 is 0 Å². The lowest BCUT2D eigenvalue weighted by atomic mass is 9.43. The second kappa shape index (κ2) is 9.64. The normalized spacial score (nSPS) is 45.1. The van der Waals surface area contributed by atoms with Crippen LogP contribution in [-0.4, -0.2) is 53.6 Å². The SMILES string of the molecule is C[C@H](CCC(=O)NCCS(=O)(=O)O)[C@H]1CC[C@@H]2[C@H]3CC[C@@H]4C[C@H](O)CC[C@]4(C)[C@@H]3C[C@H](O)[C@@]21C. The van der Waals surface area contributed by atoms with Gasteiger partial charge in [0.15, 0.2) is 0 Å². The third kappa shape index (κ3) is 4.81. The zero-order valence-electron chi connectivity index (χ0n) is 21.1. The number of aliphatic hydroxyl groups is 2. The van der Waals surface area contributed by atoms with Gasteiger partial charge in [-0.25, -0.2) is 0 Å². The minimum atomic E-state index is -4.07. The number of amides is 1. The second-order valence-corrected chi connectivity index (χ2v) is 14.1. The van der Waals surface area contributed by atoms with Crippen molar-refractivity contribution in [2.45, 2.75) is 97.2 Å². The Hall–Kier alpha value is -0.700. The van der Waals surface area contributed by atoms with Crippen LogP contribution in [-0.2, 0) is 14.9 Å². The Labute approximate surface area is 205 Å². The first-order valence-corrected chi connectivity index (χ1v) is 15.0. The summed E-state index contributed by atoms with van der Waals surface area (Å²) in [5, 5.41) is 24.5. The Bertz CT molecular complexity index is 863. The van der Waals surface area contributed by atoms with Crippen LogP contribution in [0.4, 0.5) is 0 Å². The second-order valence-electron chi connectivity index (χ2n) is 12.5. The van der Waals surface area contributed by atoms with Crippen molar-refractivity contribution in [3.8, 4) is 0 Å². The first-order valence-electron chi connectivity index (χ1n) is 13.4. The third-order valence-electron chi connectivity index (χ3n) is 11.0. The van der Waals surface area contributed by atoms with E-state index in [1.807, 2.05) is 0 Å². The third-order valence-corrected chi connectivity index (χ3v) is 11.7. The highest BCUT2D eigenvalue weighted by molar-refractivity contribution is 7.85. The number of hydrogen-bond acceptors (Lipinski definition) is 5. The topological polar surface area (TPSA) is 124 Å². The van der Waals surface area contributed by atoms with E-state index in [1.165, 1.54) is 12.8 Å². The van der Waals surface area contributed by atoms with Gasteiger partial charge in [-0.2, -0.15) is 8.42 Å². The van der Waals surface area contributed by atoms with Crippen LogP contribution in [0.1, 0.15) is 85.0 Å². The van der Waals surface area contributed by atoms with Gasteiger partial charge in [0.05, 0.1) is 18.0 Å². The molecule has 10 atom stereocenters. The molecule has 1 amide bonds. The van der Waals surface area contributed by atoms with Crippen molar-refractivity contribution < 1.29 is 28.0 Å². The lowest BCUT2D eigenvalue weighted by Gasteiger charge is -2.62. The van der Waals surface area contributed by atoms with Crippen molar-refractivity contribution in [3.63, 3.8) is 0 Å². The van der Waals surface area contributed by atoms with E-state index in [9.17, 15) is 23.4 Å². The summed E-state index contributed by atoms with van der Waals surface area (Å²) in [6.07, 6.45) is 8.93. The van der Waals surface area contributed by atoms with Crippen molar-refractivity contribution in [1.82, 2.24) is 5.32 Å². The van der Waals surface area contributed by atoms with E-state index in [0.29, 0.717) is 48.3 Å². The van der Waals surface area contributed by atoms with Gasteiger partial charge in [-0.1, -0.05) is 20.8 Å². The molecular weight excluding hydrogens is 454 g/mol. The Morgan fingerprint density at radius 3 is 2.50 bits per heavy atom. The maximum Gasteiger partial charge on any atom is 0.266 e. The molecule has 4 N–H and O–H groups in total. The van der Waals surface area contributed by atoms with Gasteiger partial charge >= 0.3 is 0 Å². The molecule has 8 heteroatoms. The summed E-state index contributed by atoms with van der Waals surface area (Å²) in [6.45, 7) is 6.86. The number of carbonyl (C=O) groups is 1. The fourth-order valence-electron chi connectivity index (χ4n) is 9.13. The maximum atomic E-state index is 12.2. The number of carbonyl (C=O) groups excluding carboxylic acids is 1. The molecule has 0 radical (unpaired) electrons. The highest BCUT2D eigenvalue weighted by atomic mass is 32.2. The van der Waals surface area contributed by atoms with Crippen LogP contribution in [0.3, 0.4) is 0 Å². The number of fused-ring (bicyclic) bond motifs is 5. The van der Waals surface area contributed by atoms with E-state index in [1.54, 1.807) is 0 Å². The van der Waals surface area contributed by atoms with Gasteiger partial charge in [0.2, 0.25) is 5.91 Å². The first kappa shape index (κ1) is 26.4. The molecule has 0 spiro atoms. The summed E-state index contributed by atoms with van der Waals surface area (Å²) in [4.78, 5) is 12.2. The minimum absolute atomic E-state index is 0.0756. The quantitative estimate of drug-likeness (QED) is 0.398. The van der Waals surface area contributed by atoms with Gasteiger partial charge in [-0.05, 0) is 104 Å². The van der Waals surface area contributed by atoms with Crippen LogP contribution in [0.25, 0.3) is 0 Å². The highest BCUT2D eigenvalue weighted by Crippen LogP contribution is 2.68. The van der Waals surface area contributed by atoms with E-state index in [-0.39, 0.29) is 35.5 Å². The molecule has 7 nitrogen and oxygen atoms in total. The van der Waals surface area contributed by atoms with Gasteiger partial charge in [0, 0.05) is 13.0 Å². The molecule has 0 unspecified atom stereocenters. The van der Waals surface area contributed by atoms with Gasteiger partial charge in [-0.3, -0.25) is 9.35 Å². The average Bonchev–Trinajstić information content (AvgIpc) is 3.11. The lowest BCUT2D eigenvalue weighted by molar-refractivity contribution is -0.174. The largest absolute Gasteiger partial charge is 0.393 e. The zero-order chi connectivity index (χ0) is 24.9. The molecule has 0 saturated heterocycles. The fourth-order valence-corrected chi connectivity index (χ4v) is 9.49. The van der Waals surface area contributed by atoms with Crippen LogP contribution in [0.2, 0.25) is 0 Å². The summed E-state index contributed by atoms with van der Waals surface area (Å²) >= 11 is 0. The molecule has 0 aliphatic heterocycles. The summed E-state index contributed by atoms with van der Waals surface area (Å²) in [5.41, 5.74) is 0.105. The molecule has 196 valence electrons. The molecule has 4 fully saturated rings. The maximum absolute atomic E-state index is 12.2. The molecule has 4 saturated carbocycles. The van der Waals surface area contributed by atoms with E-state index in [0.717, 1.165) is 38.5 Å². The average molecular weight is 500 g/mol. The molecule has 4 aliphatic rings. The number of nitrogens with one attached hydrogen (secondary N) is 1. The Kier molecular flexibility index (Phi) is 7.47. The molecule has 4 aliphatic carbocycles. The summed E-state index contributed by atoms with van der Waals surface area (Å²) in [6, 6.07) is 0. The van der Waals surface area contributed by atoms with Gasteiger partial charge in [-0.15, -0.1) is 0 Å². The Morgan fingerprint density at radius 1 is 1.06 bits per heavy atom. The van der Waals surface area contributed by atoms with Crippen LogP contribution in [0.5, 0.6) is 0 Å². The van der Waals surface area contributed by atoms with Crippen molar-refractivity contribution in [2.24, 2.45) is 46.3 Å².